The Balaban J connectivity index is 1.42. The predicted octanol–water partition coefficient (Wildman–Crippen LogP) is 1.57. The molecule has 0 aromatic carbocycles. The molecule has 1 spiro atoms. The molecular formula is C17H25N5O. The van der Waals surface area contributed by atoms with Crippen molar-refractivity contribution < 1.29 is 4.79 Å². The van der Waals surface area contributed by atoms with Gasteiger partial charge in [0, 0.05) is 38.1 Å². The lowest BCUT2D eigenvalue weighted by atomic mass is 9.84. The zero-order valence-electron chi connectivity index (χ0n) is 14.0. The second kappa shape index (κ2) is 5.08. The summed E-state index contributed by atoms with van der Waals surface area (Å²) in [5.41, 5.74) is 0.427. The molecule has 6 heteroatoms. The molecule has 3 fully saturated rings. The third-order valence-electron chi connectivity index (χ3n) is 5.45. The summed E-state index contributed by atoms with van der Waals surface area (Å²) >= 11 is 0. The van der Waals surface area contributed by atoms with E-state index in [-0.39, 0.29) is 11.4 Å². The summed E-state index contributed by atoms with van der Waals surface area (Å²) in [5, 5.41) is 3.19. The first-order valence-electron chi connectivity index (χ1n) is 8.58. The van der Waals surface area contributed by atoms with Crippen LogP contribution in [0.5, 0.6) is 0 Å². The summed E-state index contributed by atoms with van der Waals surface area (Å²) in [6.45, 7) is 8.51. The minimum Gasteiger partial charge on any atom is -0.355 e. The van der Waals surface area contributed by atoms with Crippen molar-refractivity contribution in [2.45, 2.75) is 45.1 Å². The summed E-state index contributed by atoms with van der Waals surface area (Å²) in [4.78, 5) is 25.3. The molecule has 0 unspecified atom stereocenters. The monoisotopic (exact) mass is 315 g/mol. The molecule has 0 aliphatic carbocycles. The number of amides is 1. The van der Waals surface area contributed by atoms with Crippen LogP contribution in [0.4, 0.5) is 11.6 Å². The highest BCUT2D eigenvalue weighted by atomic mass is 16.2. The van der Waals surface area contributed by atoms with E-state index in [9.17, 15) is 4.79 Å². The Morgan fingerprint density at radius 3 is 2.26 bits per heavy atom. The first kappa shape index (κ1) is 14.7. The molecule has 1 aromatic rings. The van der Waals surface area contributed by atoms with Gasteiger partial charge in [-0.05, 0) is 24.7 Å². The van der Waals surface area contributed by atoms with Crippen molar-refractivity contribution in [3.05, 3.63) is 12.4 Å². The number of carbonyl (C=O) groups excluding carboxylic acids is 1. The largest absolute Gasteiger partial charge is 0.355 e. The molecule has 1 N–H and O–H groups in total. The number of aromatic nitrogens is 2. The number of hydrogen-bond donors (Lipinski definition) is 1. The van der Waals surface area contributed by atoms with E-state index in [0.717, 1.165) is 57.1 Å². The summed E-state index contributed by atoms with van der Waals surface area (Å²) in [6.07, 6.45) is 7.39. The highest BCUT2D eigenvalue weighted by Crippen LogP contribution is 2.35. The van der Waals surface area contributed by atoms with Crippen LogP contribution >= 0.6 is 0 Å². The number of anilines is 2. The first-order chi connectivity index (χ1) is 10.9. The number of piperidine rings is 1. The van der Waals surface area contributed by atoms with Gasteiger partial charge in [0.2, 0.25) is 5.91 Å². The van der Waals surface area contributed by atoms with E-state index in [0.29, 0.717) is 11.8 Å². The van der Waals surface area contributed by atoms with E-state index >= 15 is 0 Å². The molecule has 0 radical (unpaired) electrons. The van der Waals surface area contributed by atoms with Crippen molar-refractivity contribution in [1.82, 2.24) is 15.3 Å². The topological polar surface area (TPSA) is 61.4 Å². The van der Waals surface area contributed by atoms with Gasteiger partial charge in [-0.3, -0.25) is 9.78 Å². The molecule has 4 rings (SSSR count). The van der Waals surface area contributed by atoms with Crippen molar-refractivity contribution in [2.24, 2.45) is 5.41 Å². The Bertz CT molecular complexity index is 613. The summed E-state index contributed by atoms with van der Waals surface area (Å²) in [7, 11) is 0. The van der Waals surface area contributed by atoms with Crippen LogP contribution < -0.4 is 15.1 Å². The first-order valence-corrected chi connectivity index (χ1v) is 8.58. The van der Waals surface area contributed by atoms with Crippen molar-refractivity contribution in [3.8, 4) is 0 Å². The van der Waals surface area contributed by atoms with Crippen molar-refractivity contribution >= 4 is 17.5 Å². The molecule has 6 nitrogen and oxygen atoms in total. The minimum atomic E-state index is 0.0418. The standard InChI is InChI=1S/C17H25N5O/c1-16(2)11-22(12-16)14-10-18-9-13(19-14)21-7-5-17(6-8-21)4-3-15(23)20-17/h9-10H,3-8,11-12H2,1-2H3,(H,20,23). The fourth-order valence-corrected chi connectivity index (χ4v) is 4.11. The van der Waals surface area contributed by atoms with Crippen LogP contribution in [0.3, 0.4) is 0 Å². The third kappa shape index (κ3) is 2.75. The number of rotatable bonds is 2. The van der Waals surface area contributed by atoms with Gasteiger partial charge in [0.25, 0.3) is 0 Å². The highest BCUT2D eigenvalue weighted by molar-refractivity contribution is 5.79. The normalized spacial score (nSPS) is 25.4. The van der Waals surface area contributed by atoms with Crippen molar-refractivity contribution in [2.75, 3.05) is 36.0 Å². The quantitative estimate of drug-likeness (QED) is 0.898. The maximum atomic E-state index is 11.5. The van der Waals surface area contributed by atoms with Crippen LogP contribution in [0.25, 0.3) is 0 Å². The van der Waals surface area contributed by atoms with Crippen LogP contribution in [0, 0.1) is 5.41 Å². The van der Waals surface area contributed by atoms with Gasteiger partial charge < -0.3 is 15.1 Å². The maximum absolute atomic E-state index is 11.5. The smallest absolute Gasteiger partial charge is 0.220 e. The van der Waals surface area contributed by atoms with E-state index < -0.39 is 0 Å². The van der Waals surface area contributed by atoms with Crippen molar-refractivity contribution in [1.29, 1.82) is 0 Å². The van der Waals surface area contributed by atoms with E-state index in [1.165, 1.54) is 0 Å². The van der Waals surface area contributed by atoms with Gasteiger partial charge in [-0.15, -0.1) is 0 Å². The average molecular weight is 315 g/mol. The van der Waals surface area contributed by atoms with Gasteiger partial charge in [0.05, 0.1) is 12.4 Å². The van der Waals surface area contributed by atoms with E-state index in [2.05, 4.69) is 33.9 Å². The number of nitrogens with zero attached hydrogens (tertiary/aromatic N) is 4. The van der Waals surface area contributed by atoms with Crippen LogP contribution in [-0.2, 0) is 4.79 Å². The zero-order valence-corrected chi connectivity index (χ0v) is 14.0. The fraction of sp³-hybridized carbons (Fsp3) is 0.706. The Morgan fingerprint density at radius 2 is 1.70 bits per heavy atom. The Morgan fingerprint density at radius 1 is 1.04 bits per heavy atom. The van der Waals surface area contributed by atoms with Gasteiger partial charge >= 0.3 is 0 Å². The third-order valence-corrected chi connectivity index (χ3v) is 5.45. The molecule has 0 saturated carbocycles. The summed E-state index contributed by atoms with van der Waals surface area (Å²) in [6, 6.07) is 0. The lowest BCUT2D eigenvalue weighted by Gasteiger charge is -2.46. The number of carbonyl (C=O) groups is 1. The van der Waals surface area contributed by atoms with E-state index in [4.69, 9.17) is 4.98 Å². The second-order valence-corrected chi connectivity index (χ2v) is 8.07. The molecule has 0 bridgehead atoms. The van der Waals surface area contributed by atoms with Crippen molar-refractivity contribution in [3.63, 3.8) is 0 Å². The fourth-order valence-electron chi connectivity index (χ4n) is 4.11. The maximum Gasteiger partial charge on any atom is 0.220 e. The highest BCUT2D eigenvalue weighted by Gasteiger charge is 2.40. The summed E-state index contributed by atoms with van der Waals surface area (Å²) in [5.74, 6) is 2.16. The molecule has 1 aromatic heterocycles. The number of hydrogen-bond acceptors (Lipinski definition) is 5. The Labute approximate surface area is 137 Å². The van der Waals surface area contributed by atoms with Gasteiger partial charge in [0.1, 0.15) is 11.6 Å². The molecule has 4 heterocycles. The van der Waals surface area contributed by atoms with Gasteiger partial charge in [0.15, 0.2) is 0 Å². The SMILES string of the molecule is CC1(C)CN(c2cncc(N3CCC4(CCC(=O)N4)CC3)n2)C1. The summed E-state index contributed by atoms with van der Waals surface area (Å²) < 4.78 is 0. The van der Waals surface area contributed by atoms with E-state index in [1.54, 1.807) is 0 Å². The number of nitrogens with one attached hydrogen (secondary N) is 1. The van der Waals surface area contributed by atoms with Crippen LogP contribution in [0.1, 0.15) is 39.5 Å². The van der Waals surface area contributed by atoms with Gasteiger partial charge in [-0.1, -0.05) is 13.8 Å². The molecule has 1 amide bonds. The minimum absolute atomic E-state index is 0.0418. The van der Waals surface area contributed by atoms with Crippen LogP contribution in [0.2, 0.25) is 0 Å². The van der Waals surface area contributed by atoms with Crippen LogP contribution in [-0.4, -0.2) is 47.6 Å². The lowest BCUT2D eigenvalue weighted by molar-refractivity contribution is -0.119. The van der Waals surface area contributed by atoms with Crippen LogP contribution in [0.15, 0.2) is 12.4 Å². The molecule has 0 atom stereocenters. The average Bonchev–Trinajstić information content (AvgIpc) is 2.86. The molecule has 23 heavy (non-hydrogen) atoms. The van der Waals surface area contributed by atoms with E-state index in [1.807, 2.05) is 12.4 Å². The Kier molecular flexibility index (Phi) is 3.25. The second-order valence-electron chi connectivity index (χ2n) is 8.07. The molecule has 3 saturated heterocycles. The zero-order chi connectivity index (χ0) is 16.1. The molecule has 3 aliphatic rings. The molecular weight excluding hydrogens is 290 g/mol. The molecule has 124 valence electrons. The van der Waals surface area contributed by atoms with Gasteiger partial charge in [-0.2, -0.15) is 0 Å². The predicted molar refractivity (Wildman–Crippen MR) is 89.6 cm³/mol. The Hall–Kier alpha value is -1.85. The van der Waals surface area contributed by atoms with Gasteiger partial charge in [-0.25, -0.2) is 4.98 Å². The molecule has 3 aliphatic heterocycles. The lowest BCUT2D eigenvalue weighted by Crippen LogP contribution is -2.53.